The quantitative estimate of drug-likeness (QED) is 0.149. The molecule has 0 fully saturated rings. The molecule has 7 rings (SSSR count). The van der Waals surface area contributed by atoms with E-state index < -0.39 is 0 Å². The van der Waals surface area contributed by atoms with Crippen LogP contribution in [0.15, 0.2) is 170 Å². The minimum Gasteiger partial charge on any atom is -0.310 e. The molecule has 0 N–H and O–H groups in total. The molecule has 0 aromatic heterocycles. The van der Waals surface area contributed by atoms with Gasteiger partial charge in [-0.15, -0.1) is 0 Å². The Morgan fingerprint density at radius 1 is 0.358 bits per heavy atom. The highest BCUT2D eigenvalue weighted by Crippen LogP contribution is 2.36. The Morgan fingerprint density at radius 2 is 0.679 bits per heavy atom. The highest BCUT2D eigenvalue weighted by molar-refractivity contribution is 5.79. The van der Waals surface area contributed by atoms with Crippen molar-refractivity contribution in [1.29, 1.82) is 5.26 Å². The van der Waals surface area contributed by atoms with Gasteiger partial charge in [0.1, 0.15) is 0 Å². The van der Waals surface area contributed by atoms with Gasteiger partial charge in [0.15, 0.2) is 0 Å². The normalized spacial score (nSPS) is 10.6. The summed E-state index contributed by atoms with van der Waals surface area (Å²) in [5, 5.41) is 8.93. The van der Waals surface area contributed by atoms with Crippen molar-refractivity contribution in [1.82, 2.24) is 0 Å². The Kier molecular flexibility index (Phi) is 11.6. The molecule has 0 atom stereocenters. The first kappa shape index (κ1) is 36.2. The van der Waals surface area contributed by atoms with Gasteiger partial charge in [-0.1, -0.05) is 103 Å². The van der Waals surface area contributed by atoms with E-state index in [2.05, 4.69) is 208 Å². The van der Waals surface area contributed by atoms with Crippen LogP contribution in [0.1, 0.15) is 44.5 Å². The number of anilines is 6. The highest BCUT2D eigenvalue weighted by Gasteiger charge is 2.14. The molecule has 7 aromatic rings. The lowest BCUT2D eigenvalue weighted by atomic mass is 10.1. The fourth-order valence-electron chi connectivity index (χ4n) is 6.25. The molecule has 0 aliphatic carbocycles. The third kappa shape index (κ3) is 9.58. The highest BCUT2D eigenvalue weighted by atomic mass is 15.1. The molecule has 260 valence electrons. The van der Waals surface area contributed by atoms with Crippen molar-refractivity contribution in [3.63, 3.8) is 0 Å². The van der Waals surface area contributed by atoms with Gasteiger partial charge in [-0.25, -0.2) is 0 Å². The van der Waals surface area contributed by atoms with Gasteiger partial charge in [-0.2, -0.15) is 5.26 Å². The number of nitriles is 1. The number of hydrogen-bond acceptors (Lipinski definition) is 3. The third-order valence-electron chi connectivity index (χ3n) is 8.99. The predicted octanol–water partition coefficient (Wildman–Crippen LogP) is 13.9. The third-order valence-corrected chi connectivity index (χ3v) is 8.99. The lowest BCUT2D eigenvalue weighted by Gasteiger charge is -2.26. The Hall–Kier alpha value is -6.63. The number of rotatable bonds is 8. The van der Waals surface area contributed by atoms with Gasteiger partial charge >= 0.3 is 0 Å². The first-order chi connectivity index (χ1) is 25.7. The van der Waals surface area contributed by atoms with E-state index in [9.17, 15) is 0 Å². The molecule has 0 amide bonds. The summed E-state index contributed by atoms with van der Waals surface area (Å²) in [4.78, 5) is 4.59. The summed E-state index contributed by atoms with van der Waals surface area (Å²) in [6.45, 7) is 10.6. The van der Waals surface area contributed by atoms with Crippen LogP contribution in [-0.2, 0) is 0 Å². The SMILES string of the molecule is Cc1ccc(N(c2cccc(C)c2)c2cccc(C)c2)cc1.Cc1cccc(N(c2ccc(C=Cc3ccc(C#N)cc3)cc2)c2cccc(C)c2)c1. The first-order valence-electron chi connectivity index (χ1n) is 18.0. The van der Waals surface area contributed by atoms with Crippen LogP contribution in [0, 0.1) is 45.9 Å². The zero-order valence-electron chi connectivity index (χ0n) is 31.2. The largest absolute Gasteiger partial charge is 0.310 e. The smallest absolute Gasteiger partial charge is 0.0991 e. The topological polar surface area (TPSA) is 30.3 Å². The van der Waals surface area contributed by atoms with Crippen molar-refractivity contribution in [3.8, 4) is 6.07 Å². The maximum Gasteiger partial charge on any atom is 0.0991 e. The molecular weight excluding hydrogens is 643 g/mol. The van der Waals surface area contributed by atoms with E-state index in [1.165, 1.54) is 44.9 Å². The molecule has 0 aliphatic rings. The number of benzene rings is 7. The average molecular weight is 688 g/mol. The molecule has 3 nitrogen and oxygen atoms in total. The lowest BCUT2D eigenvalue weighted by Crippen LogP contribution is -2.10. The van der Waals surface area contributed by atoms with Crippen molar-refractivity contribution < 1.29 is 0 Å². The van der Waals surface area contributed by atoms with E-state index in [1.807, 2.05) is 24.3 Å². The number of aryl methyl sites for hydroxylation is 5. The van der Waals surface area contributed by atoms with Crippen LogP contribution in [-0.4, -0.2) is 0 Å². The zero-order valence-corrected chi connectivity index (χ0v) is 31.2. The van der Waals surface area contributed by atoms with Crippen LogP contribution in [0.2, 0.25) is 0 Å². The van der Waals surface area contributed by atoms with Crippen LogP contribution in [0.25, 0.3) is 12.2 Å². The molecule has 0 aliphatic heterocycles. The molecular formula is C50H45N3. The van der Waals surface area contributed by atoms with Crippen molar-refractivity contribution in [2.24, 2.45) is 0 Å². The molecule has 53 heavy (non-hydrogen) atoms. The second kappa shape index (κ2) is 17.1. The Balaban J connectivity index is 0.000000192. The molecule has 0 bridgehead atoms. The molecule has 0 radical (unpaired) electrons. The molecule has 0 saturated heterocycles. The molecule has 0 spiro atoms. The maximum absolute atomic E-state index is 8.93. The van der Waals surface area contributed by atoms with Gasteiger partial charge in [-0.3, -0.25) is 0 Å². The van der Waals surface area contributed by atoms with E-state index in [0.29, 0.717) is 5.56 Å². The van der Waals surface area contributed by atoms with Crippen LogP contribution >= 0.6 is 0 Å². The second-order valence-corrected chi connectivity index (χ2v) is 13.5. The van der Waals surface area contributed by atoms with Crippen LogP contribution < -0.4 is 9.80 Å². The first-order valence-corrected chi connectivity index (χ1v) is 18.0. The summed E-state index contributed by atoms with van der Waals surface area (Å²) in [5.74, 6) is 0. The van der Waals surface area contributed by atoms with Gasteiger partial charge < -0.3 is 9.80 Å². The molecule has 0 heterocycles. The lowest BCUT2D eigenvalue weighted by molar-refractivity contribution is 1.25. The second-order valence-electron chi connectivity index (χ2n) is 13.5. The van der Waals surface area contributed by atoms with Crippen molar-refractivity contribution in [3.05, 3.63) is 214 Å². The Bertz CT molecular complexity index is 2250. The van der Waals surface area contributed by atoms with Gasteiger partial charge in [-0.05, 0) is 153 Å². The summed E-state index contributed by atoms with van der Waals surface area (Å²) in [6.07, 6.45) is 4.16. The Morgan fingerprint density at radius 3 is 1.00 bits per heavy atom. The number of nitrogens with zero attached hydrogens (tertiary/aromatic N) is 3. The van der Waals surface area contributed by atoms with Crippen LogP contribution in [0.4, 0.5) is 34.1 Å². The van der Waals surface area contributed by atoms with Crippen molar-refractivity contribution in [2.75, 3.05) is 9.80 Å². The van der Waals surface area contributed by atoms with E-state index in [-0.39, 0.29) is 0 Å². The van der Waals surface area contributed by atoms with Crippen LogP contribution in [0.5, 0.6) is 0 Å². The predicted molar refractivity (Wildman–Crippen MR) is 226 cm³/mol. The monoisotopic (exact) mass is 687 g/mol. The molecule has 0 saturated carbocycles. The minimum atomic E-state index is 0.675. The van der Waals surface area contributed by atoms with Gasteiger partial charge in [0.2, 0.25) is 0 Å². The van der Waals surface area contributed by atoms with E-state index in [1.54, 1.807) is 0 Å². The van der Waals surface area contributed by atoms with E-state index in [0.717, 1.165) is 28.2 Å². The minimum absolute atomic E-state index is 0.675. The molecule has 3 heteroatoms. The summed E-state index contributed by atoms with van der Waals surface area (Å²) in [5.41, 5.74) is 16.1. The van der Waals surface area contributed by atoms with Crippen LogP contribution in [0.3, 0.4) is 0 Å². The zero-order chi connectivity index (χ0) is 37.2. The molecule has 0 unspecified atom stereocenters. The van der Waals surface area contributed by atoms with Crippen molar-refractivity contribution in [2.45, 2.75) is 34.6 Å². The summed E-state index contributed by atoms with van der Waals surface area (Å²) in [6, 6.07) is 61.4. The average Bonchev–Trinajstić information content (AvgIpc) is 3.16. The summed E-state index contributed by atoms with van der Waals surface area (Å²) < 4.78 is 0. The molecule has 7 aromatic carbocycles. The van der Waals surface area contributed by atoms with Gasteiger partial charge in [0.25, 0.3) is 0 Å². The fourth-order valence-corrected chi connectivity index (χ4v) is 6.25. The van der Waals surface area contributed by atoms with Crippen molar-refractivity contribution >= 4 is 46.3 Å². The van der Waals surface area contributed by atoms with E-state index >= 15 is 0 Å². The Labute approximate surface area is 315 Å². The fraction of sp³-hybridized carbons (Fsp3) is 0.100. The summed E-state index contributed by atoms with van der Waals surface area (Å²) in [7, 11) is 0. The van der Waals surface area contributed by atoms with Gasteiger partial charge in [0.05, 0.1) is 11.6 Å². The van der Waals surface area contributed by atoms with Gasteiger partial charge in [0, 0.05) is 34.1 Å². The maximum atomic E-state index is 8.93. The standard InChI is InChI=1S/C29H24N2.C21H21N/c1-22-5-3-7-28(19-22)31(29-8-4-6-23(2)20-29)27-17-15-25(16-18-27)10-9-24-11-13-26(21-30)14-12-24;1-16-10-12-19(13-11-16)22(20-8-4-6-17(2)14-20)21-9-5-7-18(3)15-21/h3-20H,1-2H3;4-15H,1-3H3. The summed E-state index contributed by atoms with van der Waals surface area (Å²) >= 11 is 0. The number of hydrogen-bond donors (Lipinski definition) is 0. The van der Waals surface area contributed by atoms with E-state index in [4.69, 9.17) is 5.26 Å².